The number of nitrogens with zero attached hydrogens (tertiary/aromatic N) is 3. The van der Waals surface area contributed by atoms with E-state index < -0.39 is 0 Å². The second-order valence-electron chi connectivity index (χ2n) is 6.74. The van der Waals surface area contributed by atoms with Crippen LogP contribution in [0.3, 0.4) is 0 Å². The summed E-state index contributed by atoms with van der Waals surface area (Å²) in [6, 6.07) is 5.54. The third-order valence-electron chi connectivity index (χ3n) is 4.79. The molecule has 0 aliphatic carbocycles. The minimum atomic E-state index is -0.122. The van der Waals surface area contributed by atoms with Gasteiger partial charge in [0.2, 0.25) is 5.91 Å². The summed E-state index contributed by atoms with van der Waals surface area (Å²) in [5, 5.41) is 8.05. The highest BCUT2D eigenvalue weighted by molar-refractivity contribution is 6.42. The van der Waals surface area contributed by atoms with Crippen molar-refractivity contribution in [1.29, 1.82) is 0 Å². The van der Waals surface area contributed by atoms with E-state index in [4.69, 9.17) is 23.2 Å². The van der Waals surface area contributed by atoms with Crippen LogP contribution in [0.15, 0.2) is 30.6 Å². The van der Waals surface area contributed by atoms with E-state index in [2.05, 4.69) is 10.4 Å². The predicted octanol–water partition coefficient (Wildman–Crippen LogP) is 3.08. The smallest absolute Gasteiger partial charge is 0.254 e. The first-order chi connectivity index (χ1) is 12.9. The zero-order valence-corrected chi connectivity index (χ0v) is 16.6. The molecule has 0 atom stereocenters. The predicted molar refractivity (Wildman–Crippen MR) is 105 cm³/mol. The number of aryl methyl sites for hydroxylation is 2. The van der Waals surface area contributed by atoms with Gasteiger partial charge in [-0.05, 0) is 30.9 Å². The standard InChI is InChI=1S/C19H22Cl2N4O2/c1-24-12-14(11-22-24)19(27)23-15-7-9-25(10-8-15)17(26)6-5-13-3-2-4-16(20)18(13)21/h2-4,11-12,15H,5-10H2,1H3,(H,23,27). The molecule has 2 heterocycles. The number of carbonyl (C=O) groups excluding carboxylic acids is 2. The number of benzene rings is 1. The third-order valence-corrected chi connectivity index (χ3v) is 5.65. The van der Waals surface area contributed by atoms with E-state index in [-0.39, 0.29) is 17.9 Å². The molecule has 2 amide bonds. The zero-order valence-electron chi connectivity index (χ0n) is 15.1. The van der Waals surface area contributed by atoms with E-state index in [0.29, 0.717) is 41.5 Å². The topological polar surface area (TPSA) is 67.2 Å². The van der Waals surface area contributed by atoms with Crippen LogP contribution in [0.5, 0.6) is 0 Å². The van der Waals surface area contributed by atoms with Crippen molar-refractivity contribution in [3.05, 3.63) is 51.8 Å². The van der Waals surface area contributed by atoms with Crippen molar-refractivity contribution < 1.29 is 9.59 Å². The number of hydrogen-bond acceptors (Lipinski definition) is 3. The number of likely N-dealkylation sites (tertiary alicyclic amines) is 1. The number of carbonyl (C=O) groups is 2. The summed E-state index contributed by atoms with van der Waals surface area (Å²) < 4.78 is 1.60. The molecule has 1 aliphatic rings. The Morgan fingerprint density at radius 1 is 1.26 bits per heavy atom. The minimum absolute atomic E-state index is 0.0733. The van der Waals surface area contributed by atoms with Gasteiger partial charge >= 0.3 is 0 Å². The lowest BCUT2D eigenvalue weighted by Gasteiger charge is -2.32. The van der Waals surface area contributed by atoms with Gasteiger partial charge < -0.3 is 10.2 Å². The highest BCUT2D eigenvalue weighted by Crippen LogP contribution is 2.26. The van der Waals surface area contributed by atoms with Crippen molar-refractivity contribution in [3.8, 4) is 0 Å². The molecule has 1 aromatic heterocycles. The molecule has 0 spiro atoms. The molecule has 144 valence electrons. The average molecular weight is 409 g/mol. The van der Waals surface area contributed by atoms with Gasteiger partial charge in [0.1, 0.15) is 0 Å². The Morgan fingerprint density at radius 2 is 2.00 bits per heavy atom. The van der Waals surface area contributed by atoms with Gasteiger partial charge in [-0.3, -0.25) is 14.3 Å². The number of hydrogen-bond donors (Lipinski definition) is 1. The monoisotopic (exact) mass is 408 g/mol. The quantitative estimate of drug-likeness (QED) is 0.826. The fourth-order valence-corrected chi connectivity index (χ4v) is 3.64. The van der Waals surface area contributed by atoms with Crippen molar-refractivity contribution in [2.45, 2.75) is 31.7 Å². The third kappa shape index (κ3) is 5.02. The van der Waals surface area contributed by atoms with Crippen LogP contribution in [0.1, 0.15) is 35.2 Å². The fourth-order valence-electron chi connectivity index (χ4n) is 3.22. The first-order valence-electron chi connectivity index (χ1n) is 8.94. The van der Waals surface area contributed by atoms with Crippen LogP contribution in [0.25, 0.3) is 0 Å². The number of halogens is 2. The van der Waals surface area contributed by atoms with Crippen LogP contribution in [0.2, 0.25) is 10.0 Å². The highest BCUT2D eigenvalue weighted by Gasteiger charge is 2.24. The molecule has 0 saturated carbocycles. The normalized spacial score (nSPS) is 15.0. The highest BCUT2D eigenvalue weighted by atomic mass is 35.5. The van der Waals surface area contributed by atoms with Gasteiger partial charge in [0.25, 0.3) is 5.91 Å². The lowest BCUT2D eigenvalue weighted by molar-refractivity contribution is -0.132. The lowest BCUT2D eigenvalue weighted by Crippen LogP contribution is -2.46. The molecule has 27 heavy (non-hydrogen) atoms. The summed E-state index contributed by atoms with van der Waals surface area (Å²) in [7, 11) is 1.78. The van der Waals surface area contributed by atoms with Gasteiger partial charge in [-0.1, -0.05) is 35.3 Å². The van der Waals surface area contributed by atoms with Crippen molar-refractivity contribution in [2.24, 2.45) is 7.05 Å². The molecule has 1 N–H and O–H groups in total. The molecule has 1 fully saturated rings. The molecule has 8 heteroatoms. The van der Waals surface area contributed by atoms with E-state index in [1.54, 1.807) is 30.2 Å². The maximum absolute atomic E-state index is 12.5. The molecule has 2 aromatic rings. The maximum Gasteiger partial charge on any atom is 0.254 e. The molecular formula is C19H22Cl2N4O2. The maximum atomic E-state index is 12.5. The second-order valence-corrected chi connectivity index (χ2v) is 7.53. The largest absolute Gasteiger partial charge is 0.349 e. The summed E-state index contributed by atoms with van der Waals surface area (Å²) in [6.45, 7) is 1.28. The Hall–Kier alpha value is -2.05. The first kappa shape index (κ1) is 19.7. The Kier molecular flexibility index (Phi) is 6.39. The Bertz CT molecular complexity index is 829. The average Bonchev–Trinajstić information content (AvgIpc) is 3.10. The van der Waals surface area contributed by atoms with Gasteiger partial charge in [0.15, 0.2) is 0 Å². The van der Waals surface area contributed by atoms with Crippen molar-refractivity contribution in [2.75, 3.05) is 13.1 Å². The second kappa shape index (κ2) is 8.76. The molecule has 3 rings (SSSR count). The molecular weight excluding hydrogens is 387 g/mol. The number of amides is 2. The Morgan fingerprint density at radius 3 is 2.67 bits per heavy atom. The summed E-state index contributed by atoms with van der Waals surface area (Å²) >= 11 is 12.2. The minimum Gasteiger partial charge on any atom is -0.349 e. The van der Waals surface area contributed by atoms with Crippen LogP contribution >= 0.6 is 23.2 Å². The van der Waals surface area contributed by atoms with Gasteiger partial charge in [0, 0.05) is 38.8 Å². The van der Waals surface area contributed by atoms with Gasteiger partial charge in [-0.25, -0.2) is 0 Å². The number of aromatic nitrogens is 2. The first-order valence-corrected chi connectivity index (χ1v) is 9.70. The van der Waals surface area contributed by atoms with Crippen LogP contribution in [-0.4, -0.2) is 45.6 Å². The summed E-state index contributed by atoms with van der Waals surface area (Å²) in [5.74, 6) is -0.0217. The summed E-state index contributed by atoms with van der Waals surface area (Å²) in [5.41, 5.74) is 1.44. The van der Waals surface area contributed by atoms with E-state index in [1.807, 2.05) is 17.0 Å². The van der Waals surface area contributed by atoms with Gasteiger partial charge in [-0.15, -0.1) is 0 Å². The molecule has 1 aromatic carbocycles. The molecule has 1 saturated heterocycles. The Labute approximate surface area is 168 Å². The van der Waals surface area contributed by atoms with Crippen LogP contribution < -0.4 is 5.32 Å². The van der Waals surface area contributed by atoms with Gasteiger partial charge in [0.05, 0.1) is 21.8 Å². The zero-order chi connectivity index (χ0) is 19.4. The van der Waals surface area contributed by atoms with Gasteiger partial charge in [-0.2, -0.15) is 5.10 Å². The Balaban J connectivity index is 1.45. The van der Waals surface area contributed by atoms with Crippen LogP contribution in [0.4, 0.5) is 0 Å². The van der Waals surface area contributed by atoms with E-state index in [0.717, 1.165) is 18.4 Å². The van der Waals surface area contributed by atoms with Crippen molar-refractivity contribution in [1.82, 2.24) is 20.0 Å². The van der Waals surface area contributed by atoms with Crippen LogP contribution in [0, 0.1) is 0 Å². The summed E-state index contributed by atoms with van der Waals surface area (Å²) in [4.78, 5) is 26.5. The molecule has 6 nitrogen and oxygen atoms in total. The van der Waals surface area contributed by atoms with Crippen molar-refractivity contribution >= 4 is 35.0 Å². The molecule has 1 aliphatic heterocycles. The molecule has 0 unspecified atom stereocenters. The fraction of sp³-hybridized carbons (Fsp3) is 0.421. The van der Waals surface area contributed by atoms with Crippen molar-refractivity contribution in [3.63, 3.8) is 0 Å². The van der Waals surface area contributed by atoms with E-state index in [9.17, 15) is 9.59 Å². The molecule has 0 radical (unpaired) electrons. The molecule has 0 bridgehead atoms. The van der Waals surface area contributed by atoms with E-state index in [1.165, 1.54) is 0 Å². The van der Waals surface area contributed by atoms with Crippen LogP contribution in [-0.2, 0) is 18.3 Å². The SMILES string of the molecule is Cn1cc(C(=O)NC2CCN(C(=O)CCc3cccc(Cl)c3Cl)CC2)cn1. The van der Waals surface area contributed by atoms with E-state index >= 15 is 0 Å². The number of rotatable bonds is 5. The number of piperidine rings is 1. The number of nitrogens with one attached hydrogen (secondary N) is 1. The lowest BCUT2D eigenvalue weighted by atomic mass is 10.0. The summed E-state index contributed by atoms with van der Waals surface area (Å²) in [6.07, 6.45) is 5.69.